The lowest BCUT2D eigenvalue weighted by atomic mass is 10.0. The van der Waals surface area contributed by atoms with Crippen molar-refractivity contribution < 1.29 is 9.47 Å². The van der Waals surface area contributed by atoms with Gasteiger partial charge in [-0.25, -0.2) is 0 Å². The van der Waals surface area contributed by atoms with Gasteiger partial charge in [-0.3, -0.25) is 14.8 Å². The second-order valence-corrected chi connectivity index (χ2v) is 8.87. The molecule has 2 aliphatic heterocycles. The average molecular weight is 566 g/mol. The predicted octanol–water partition coefficient (Wildman–Crippen LogP) is 2.61. The molecule has 1 aromatic carbocycles. The topological polar surface area (TPSA) is 61.4 Å². The first kappa shape index (κ1) is 26.6. The maximum absolute atomic E-state index is 6.11. The summed E-state index contributed by atoms with van der Waals surface area (Å²) in [6.45, 7) is 13.0. The van der Waals surface area contributed by atoms with Crippen LogP contribution >= 0.6 is 35.6 Å². The average Bonchev–Trinajstić information content (AvgIpc) is 2.78. The van der Waals surface area contributed by atoms with Gasteiger partial charge < -0.3 is 20.1 Å². The van der Waals surface area contributed by atoms with Crippen molar-refractivity contribution in [3.05, 3.63) is 34.9 Å². The minimum atomic E-state index is 0. The van der Waals surface area contributed by atoms with E-state index in [4.69, 9.17) is 21.1 Å². The Balaban J connectivity index is 0.00000341. The van der Waals surface area contributed by atoms with E-state index in [0.29, 0.717) is 0 Å². The Labute approximate surface area is 208 Å². The van der Waals surface area contributed by atoms with Crippen LogP contribution in [0.15, 0.2) is 29.3 Å². The van der Waals surface area contributed by atoms with E-state index in [-0.39, 0.29) is 35.6 Å². The summed E-state index contributed by atoms with van der Waals surface area (Å²) < 4.78 is 11.0. The summed E-state index contributed by atoms with van der Waals surface area (Å²) in [5.41, 5.74) is 1.28. The monoisotopic (exact) mass is 565 g/mol. The van der Waals surface area contributed by atoms with Crippen molar-refractivity contribution in [3.8, 4) is 0 Å². The number of guanidine groups is 1. The molecule has 0 bridgehead atoms. The van der Waals surface area contributed by atoms with Crippen LogP contribution in [0.4, 0.5) is 0 Å². The molecule has 0 radical (unpaired) electrons. The molecule has 0 amide bonds. The number of halogens is 2. The normalized spacial score (nSPS) is 20.1. The fraction of sp³-hybridized carbons (Fsp3) is 0.682. The Morgan fingerprint density at radius 3 is 2.19 bits per heavy atom. The molecular formula is C22H37ClIN5O2. The van der Waals surface area contributed by atoms with Crippen molar-refractivity contribution >= 4 is 41.5 Å². The lowest BCUT2D eigenvalue weighted by Crippen LogP contribution is -2.57. The van der Waals surface area contributed by atoms with Gasteiger partial charge in [0.25, 0.3) is 0 Å². The maximum atomic E-state index is 6.11. The summed E-state index contributed by atoms with van der Waals surface area (Å²) in [5.74, 6) is 0.823. The third-order valence-electron chi connectivity index (χ3n) is 5.98. The molecule has 1 atom stereocenters. The van der Waals surface area contributed by atoms with Gasteiger partial charge in [0.1, 0.15) is 0 Å². The lowest BCUT2D eigenvalue weighted by molar-refractivity contribution is -0.00836. The first-order valence-electron chi connectivity index (χ1n) is 10.8. The van der Waals surface area contributed by atoms with Gasteiger partial charge in [-0.05, 0) is 31.5 Å². The highest BCUT2D eigenvalue weighted by molar-refractivity contribution is 14.0. The largest absolute Gasteiger partial charge is 0.379 e. The first-order chi connectivity index (χ1) is 14.5. The standard InChI is InChI=1S/C22H36ClN5O2.HI/c1-22(2,28-10-14-30-15-11-28)17-26-21(24-3)25-16-20(27-8-12-29-13-9-27)18-4-6-19(23)7-5-18;/h4-7,20H,8-17H2,1-3H3,(H2,24,25,26);1H. The minimum Gasteiger partial charge on any atom is -0.379 e. The van der Waals surface area contributed by atoms with E-state index in [1.807, 2.05) is 19.2 Å². The van der Waals surface area contributed by atoms with E-state index in [0.717, 1.165) is 76.7 Å². The minimum absolute atomic E-state index is 0. The van der Waals surface area contributed by atoms with E-state index >= 15 is 0 Å². The molecule has 2 N–H and O–H groups in total. The van der Waals surface area contributed by atoms with Gasteiger partial charge in [0.2, 0.25) is 0 Å². The highest BCUT2D eigenvalue weighted by atomic mass is 127. The van der Waals surface area contributed by atoms with Crippen molar-refractivity contribution in [2.24, 2.45) is 4.99 Å². The van der Waals surface area contributed by atoms with E-state index in [1.165, 1.54) is 5.56 Å². The van der Waals surface area contributed by atoms with Gasteiger partial charge in [0.15, 0.2) is 5.96 Å². The van der Waals surface area contributed by atoms with Crippen LogP contribution < -0.4 is 10.6 Å². The number of benzene rings is 1. The highest BCUT2D eigenvalue weighted by Crippen LogP contribution is 2.23. The predicted molar refractivity (Wildman–Crippen MR) is 138 cm³/mol. The number of hydrogen-bond acceptors (Lipinski definition) is 5. The molecule has 0 spiro atoms. The third-order valence-corrected chi connectivity index (χ3v) is 6.24. The zero-order valence-corrected chi connectivity index (χ0v) is 22.0. The summed E-state index contributed by atoms with van der Waals surface area (Å²) in [6.07, 6.45) is 0. The lowest BCUT2D eigenvalue weighted by Gasteiger charge is -2.41. The molecule has 1 aromatic rings. The smallest absolute Gasteiger partial charge is 0.191 e. The third kappa shape index (κ3) is 8.01. The summed E-state index contributed by atoms with van der Waals surface area (Å²) in [6, 6.07) is 8.38. The van der Waals surface area contributed by atoms with Crippen LogP contribution in [-0.4, -0.2) is 94.0 Å². The molecular weight excluding hydrogens is 529 g/mol. The van der Waals surface area contributed by atoms with Crippen molar-refractivity contribution in [1.29, 1.82) is 0 Å². The van der Waals surface area contributed by atoms with Gasteiger partial charge in [-0.1, -0.05) is 23.7 Å². The van der Waals surface area contributed by atoms with Crippen LogP contribution in [-0.2, 0) is 9.47 Å². The molecule has 0 aliphatic carbocycles. The van der Waals surface area contributed by atoms with Crippen molar-refractivity contribution in [2.75, 3.05) is 72.7 Å². The molecule has 31 heavy (non-hydrogen) atoms. The number of morpholine rings is 2. The van der Waals surface area contributed by atoms with Gasteiger partial charge in [0.05, 0.1) is 32.5 Å². The number of aliphatic imine (C=N–C) groups is 1. The van der Waals surface area contributed by atoms with E-state index in [1.54, 1.807) is 0 Å². The molecule has 2 fully saturated rings. The van der Waals surface area contributed by atoms with Crippen molar-refractivity contribution in [2.45, 2.75) is 25.4 Å². The van der Waals surface area contributed by atoms with Crippen LogP contribution in [0.25, 0.3) is 0 Å². The molecule has 7 nitrogen and oxygen atoms in total. The van der Waals surface area contributed by atoms with E-state index < -0.39 is 0 Å². The first-order valence-corrected chi connectivity index (χ1v) is 11.2. The molecule has 0 saturated carbocycles. The molecule has 0 aromatic heterocycles. The highest BCUT2D eigenvalue weighted by Gasteiger charge is 2.28. The Morgan fingerprint density at radius 1 is 1.03 bits per heavy atom. The molecule has 2 saturated heterocycles. The molecule has 2 aliphatic rings. The Morgan fingerprint density at radius 2 is 1.61 bits per heavy atom. The van der Waals surface area contributed by atoms with Crippen LogP contribution in [0, 0.1) is 0 Å². The van der Waals surface area contributed by atoms with Crippen molar-refractivity contribution in [3.63, 3.8) is 0 Å². The van der Waals surface area contributed by atoms with E-state index in [2.05, 4.69) is 51.4 Å². The van der Waals surface area contributed by atoms with Gasteiger partial charge >= 0.3 is 0 Å². The van der Waals surface area contributed by atoms with Gasteiger partial charge in [-0.2, -0.15) is 0 Å². The molecule has 176 valence electrons. The van der Waals surface area contributed by atoms with E-state index in [9.17, 15) is 0 Å². The Hall–Kier alpha value is -0.650. The zero-order valence-electron chi connectivity index (χ0n) is 18.9. The fourth-order valence-corrected chi connectivity index (χ4v) is 4.15. The summed E-state index contributed by atoms with van der Waals surface area (Å²) in [4.78, 5) is 9.38. The number of rotatable bonds is 7. The fourth-order valence-electron chi connectivity index (χ4n) is 4.03. The maximum Gasteiger partial charge on any atom is 0.191 e. The number of nitrogens with one attached hydrogen (secondary N) is 2. The SMILES string of the molecule is CN=C(NCC(c1ccc(Cl)cc1)N1CCOCC1)NCC(C)(C)N1CCOCC1.I. The summed E-state index contributed by atoms with van der Waals surface area (Å²) in [7, 11) is 1.82. The quantitative estimate of drug-likeness (QED) is 0.301. The second-order valence-electron chi connectivity index (χ2n) is 8.43. The molecule has 9 heteroatoms. The number of hydrogen-bond donors (Lipinski definition) is 2. The van der Waals surface area contributed by atoms with Crippen LogP contribution in [0.3, 0.4) is 0 Å². The summed E-state index contributed by atoms with van der Waals surface area (Å²) in [5, 5.41) is 7.81. The molecule has 2 heterocycles. The van der Waals surface area contributed by atoms with Crippen LogP contribution in [0.5, 0.6) is 0 Å². The van der Waals surface area contributed by atoms with Gasteiger partial charge in [0, 0.05) is 56.9 Å². The summed E-state index contributed by atoms with van der Waals surface area (Å²) >= 11 is 6.11. The second kappa shape index (κ2) is 13.2. The van der Waals surface area contributed by atoms with Crippen LogP contribution in [0.1, 0.15) is 25.5 Å². The Kier molecular flexibility index (Phi) is 11.3. The molecule has 1 unspecified atom stereocenters. The zero-order chi connectivity index (χ0) is 21.4. The number of nitrogens with zero attached hydrogens (tertiary/aromatic N) is 3. The van der Waals surface area contributed by atoms with Gasteiger partial charge in [-0.15, -0.1) is 24.0 Å². The number of ether oxygens (including phenoxy) is 2. The van der Waals surface area contributed by atoms with Crippen molar-refractivity contribution in [1.82, 2.24) is 20.4 Å². The Bertz CT molecular complexity index is 677. The molecule has 3 rings (SSSR count). The van der Waals surface area contributed by atoms with Crippen LogP contribution in [0.2, 0.25) is 5.02 Å².